The summed E-state index contributed by atoms with van der Waals surface area (Å²) in [5, 5.41) is 0. The van der Waals surface area contributed by atoms with E-state index in [4.69, 9.17) is 4.74 Å². The molecule has 1 aromatic rings. The third kappa shape index (κ3) is 2.50. The second kappa shape index (κ2) is 5.22. The molecule has 1 atom stereocenters. The molecule has 0 aliphatic carbocycles. The number of fused-ring (bicyclic) bond motifs is 1. The largest absolute Gasteiger partial charge is 0.461 e. The van der Waals surface area contributed by atoms with Crippen LogP contribution in [0.2, 0.25) is 0 Å². The van der Waals surface area contributed by atoms with Crippen LogP contribution in [0.15, 0.2) is 24.3 Å². The Hall–Kier alpha value is -2.17. The van der Waals surface area contributed by atoms with Gasteiger partial charge in [-0.05, 0) is 18.6 Å². The Kier molecular flexibility index (Phi) is 3.64. The van der Waals surface area contributed by atoms with Crippen molar-refractivity contribution < 1.29 is 19.1 Å². The zero-order valence-electron chi connectivity index (χ0n) is 10.9. The Morgan fingerprint density at radius 2 is 1.74 bits per heavy atom. The Balaban J connectivity index is 2.17. The molecule has 100 valence electrons. The lowest BCUT2D eigenvalue weighted by molar-refractivity contribution is -0.146. The van der Waals surface area contributed by atoms with E-state index in [2.05, 4.69) is 0 Å². The first-order valence-corrected chi connectivity index (χ1v) is 6.17. The number of hydrogen-bond donors (Lipinski definition) is 0. The monoisotopic (exact) mass is 261 g/mol. The third-order valence-electron chi connectivity index (χ3n) is 3.05. The van der Waals surface area contributed by atoms with Crippen molar-refractivity contribution in [3.8, 4) is 0 Å². The zero-order valence-corrected chi connectivity index (χ0v) is 10.9. The van der Waals surface area contributed by atoms with Gasteiger partial charge in [-0.2, -0.15) is 0 Å². The number of imide groups is 1. The molecule has 0 saturated heterocycles. The van der Waals surface area contributed by atoms with Gasteiger partial charge in [-0.25, -0.2) is 0 Å². The standard InChI is InChI=1S/C14H15NO4/c1-3-10(19-9(2)16)8-15-13(17)11-6-4-5-7-12(11)14(15)18/h4-7,10H,3,8H2,1-2H3/t10-/m0/s1. The van der Waals surface area contributed by atoms with Crippen LogP contribution in [0, 0.1) is 0 Å². The zero-order chi connectivity index (χ0) is 14.0. The first kappa shape index (κ1) is 13.3. The molecule has 19 heavy (non-hydrogen) atoms. The van der Waals surface area contributed by atoms with Crippen molar-refractivity contribution in [1.29, 1.82) is 0 Å². The molecule has 1 aliphatic heterocycles. The molecule has 0 N–H and O–H groups in total. The van der Waals surface area contributed by atoms with Crippen LogP contribution in [0.5, 0.6) is 0 Å². The van der Waals surface area contributed by atoms with E-state index >= 15 is 0 Å². The number of benzene rings is 1. The van der Waals surface area contributed by atoms with Gasteiger partial charge in [0, 0.05) is 6.92 Å². The van der Waals surface area contributed by atoms with E-state index in [-0.39, 0.29) is 18.4 Å². The molecule has 5 heteroatoms. The number of esters is 1. The molecule has 1 aromatic carbocycles. The summed E-state index contributed by atoms with van der Waals surface area (Å²) in [4.78, 5) is 36.3. The molecule has 0 radical (unpaired) electrons. The topological polar surface area (TPSA) is 63.7 Å². The van der Waals surface area contributed by atoms with Crippen LogP contribution in [0.3, 0.4) is 0 Å². The molecule has 1 aliphatic rings. The van der Waals surface area contributed by atoms with Gasteiger partial charge in [0.25, 0.3) is 11.8 Å². The minimum atomic E-state index is -0.459. The lowest BCUT2D eigenvalue weighted by atomic mass is 10.1. The lowest BCUT2D eigenvalue weighted by Gasteiger charge is -2.21. The SMILES string of the molecule is CC[C@@H](CN1C(=O)c2ccccc2C1=O)OC(C)=O. The molecule has 1 heterocycles. The van der Waals surface area contributed by atoms with Gasteiger partial charge in [0.05, 0.1) is 17.7 Å². The van der Waals surface area contributed by atoms with Crippen molar-refractivity contribution in [2.24, 2.45) is 0 Å². The van der Waals surface area contributed by atoms with Crippen LogP contribution in [0.25, 0.3) is 0 Å². The van der Waals surface area contributed by atoms with Gasteiger partial charge in [-0.15, -0.1) is 0 Å². The number of ether oxygens (including phenoxy) is 1. The van der Waals surface area contributed by atoms with Gasteiger partial charge < -0.3 is 4.74 Å². The van der Waals surface area contributed by atoms with Crippen molar-refractivity contribution in [2.75, 3.05) is 6.54 Å². The minimum absolute atomic E-state index is 0.0996. The second-order valence-corrected chi connectivity index (χ2v) is 4.41. The van der Waals surface area contributed by atoms with Gasteiger partial charge >= 0.3 is 5.97 Å². The van der Waals surface area contributed by atoms with Crippen LogP contribution >= 0.6 is 0 Å². The van der Waals surface area contributed by atoms with E-state index in [1.807, 2.05) is 6.92 Å². The molecule has 0 fully saturated rings. The quantitative estimate of drug-likeness (QED) is 0.610. The summed E-state index contributed by atoms with van der Waals surface area (Å²) in [6.07, 6.45) is 0.0900. The van der Waals surface area contributed by atoms with Crippen LogP contribution < -0.4 is 0 Å². The number of rotatable bonds is 4. The molecule has 0 bridgehead atoms. The summed E-state index contributed by atoms with van der Waals surface area (Å²) in [5.74, 6) is -1.07. The maximum absolute atomic E-state index is 12.1. The van der Waals surface area contributed by atoms with Crippen molar-refractivity contribution in [3.05, 3.63) is 35.4 Å². The van der Waals surface area contributed by atoms with E-state index in [9.17, 15) is 14.4 Å². The first-order valence-electron chi connectivity index (χ1n) is 6.17. The van der Waals surface area contributed by atoms with Gasteiger partial charge in [0.2, 0.25) is 0 Å². The Morgan fingerprint density at radius 3 is 2.16 bits per heavy atom. The fraction of sp³-hybridized carbons (Fsp3) is 0.357. The predicted octanol–water partition coefficient (Wildman–Crippen LogP) is 1.62. The van der Waals surface area contributed by atoms with Crippen LogP contribution in [-0.4, -0.2) is 35.3 Å². The molecule has 0 spiro atoms. The van der Waals surface area contributed by atoms with E-state index in [0.29, 0.717) is 17.5 Å². The fourth-order valence-corrected chi connectivity index (χ4v) is 2.09. The Labute approximate surface area is 111 Å². The normalized spacial score (nSPS) is 15.4. The second-order valence-electron chi connectivity index (χ2n) is 4.41. The summed E-state index contributed by atoms with van der Waals surface area (Å²) in [6, 6.07) is 6.69. The van der Waals surface area contributed by atoms with Gasteiger partial charge in [0.1, 0.15) is 6.10 Å². The number of carbonyl (C=O) groups excluding carboxylic acids is 3. The molecule has 5 nitrogen and oxygen atoms in total. The van der Waals surface area contributed by atoms with Crippen molar-refractivity contribution in [1.82, 2.24) is 4.90 Å². The summed E-state index contributed by atoms with van der Waals surface area (Å²) in [7, 11) is 0. The minimum Gasteiger partial charge on any atom is -0.461 e. The van der Waals surface area contributed by atoms with E-state index < -0.39 is 12.1 Å². The maximum atomic E-state index is 12.1. The number of nitrogens with zero attached hydrogens (tertiary/aromatic N) is 1. The highest BCUT2D eigenvalue weighted by molar-refractivity contribution is 6.21. The molecule has 0 unspecified atom stereocenters. The average molecular weight is 261 g/mol. The summed E-state index contributed by atoms with van der Waals surface area (Å²) in [6.45, 7) is 3.25. The summed E-state index contributed by atoms with van der Waals surface area (Å²) < 4.78 is 5.07. The van der Waals surface area contributed by atoms with Gasteiger partial charge in [0.15, 0.2) is 0 Å². The summed E-state index contributed by atoms with van der Waals surface area (Å²) >= 11 is 0. The molecule has 2 amide bonds. The molecular formula is C14H15NO4. The smallest absolute Gasteiger partial charge is 0.302 e. The maximum Gasteiger partial charge on any atom is 0.302 e. The highest BCUT2D eigenvalue weighted by Gasteiger charge is 2.36. The Morgan fingerprint density at radius 1 is 1.21 bits per heavy atom. The first-order chi connectivity index (χ1) is 9.04. The molecule has 0 saturated carbocycles. The third-order valence-corrected chi connectivity index (χ3v) is 3.05. The van der Waals surface area contributed by atoms with Gasteiger partial charge in [-0.1, -0.05) is 19.1 Å². The molecular weight excluding hydrogens is 246 g/mol. The van der Waals surface area contributed by atoms with Crippen LogP contribution in [0.4, 0.5) is 0 Å². The number of hydrogen-bond acceptors (Lipinski definition) is 4. The van der Waals surface area contributed by atoms with E-state index in [0.717, 1.165) is 4.90 Å². The van der Waals surface area contributed by atoms with Crippen molar-refractivity contribution in [2.45, 2.75) is 26.4 Å². The van der Waals surface area contributed by atoms with E-state index in [1.54, 1.807) is 24.3 Å². The van der Waals surface area contributed by atoms with Gasteiger partial charge in [-0.3, -0.25) is 19.3 Å². The Bertz CT molecular complexity index is 503. The lowest BCUT2D eigenvalue weighted by Crippen LogP contribution is -2.38. The highest BCUT2D eigenvalue weighted by Crippen LogP contribution is 2.23. The van der Waals surface area contributed by atoms with E-state index in [1.165, 1.54) is 6.92 Å². The molecule has 2 rings (SSSR count). The predicted molar refractivity (Wildman–Crippen MR) is 67.7 cm³/mol. The van der Waals surface area contributed by atoms with Crippen molar-refractivity contribution in [3.63, 3.8) is 0 Å². The number of carbonyl (C=O) groups is 3. The summed E-state index contributed by atoms with van der Waals surface area (Å²) in [5.41, 5.74) is 0.815. The number of amides is 2. The van der Waals surface area contributed by atoms with Crippen LogP contribution in [-0.2, 0) is 9.53 Å². The average Bonchev–Trinajstić information content (AvgIpc) is 2.63. The fourth-order valence-electron chi connectivity index (χ4n) is 2.09. The van der Waals surface area contributed by atoms with Crippen LogP contribution in [0.1, 0.15) is 41.0 Å². The van der Waals surface area contributed by atoms with Crippen molar-refractivity contribution >= 4 is 17.8 Å². The highest BCUT2D eigenvalue weighted by atomic mass is 16.5. The molecule has 0 aromatic heterocycles.